The van der Waals surface area contributed by atoms with E-state index in [1.165, 1.54) is 24.4 Å². The number of aromatic nitrogens is 1. The number of aryl methyl sites for hydroxylation is 1. The Bertz CT molecular complexity index is 730. The van der Waals surface area contributed by atoms with Crippen LogP contribution in [0, 0.1) is 6.92 Å². The van der Waals surface area contributed by atoms with E-state index in [4.69, 9.17) is 0 Å². The number of hydrazone groups is 1. The molecule has 3 N–H and O–H groups in total. The van der Waals surface area contributed by atoms with Gasteiger partial charge in [0.15, 0.2) is 0 Å². The maximum atomic E-state index is 12.9. The Morgan fingerprint density at radius 2 is 2.00 bits per heavy atom. The van der Waals surface area contributed by atoms with Gasteiger partial charge in [0.2, 0.25) is 0 Å². The van der Waals surface area contributed by atoms with Gasteiger partial charge in [-0.05, 0) is 19.1 Å². The first-order chi connectivity index (χ1) is 10.8. The van der Waals surface area contributed by atoms with Crippen LogP contribution in [0.15, 0.2) is 35.6 Å². The summed E-state index contributed by atoms with van der Waals surface area (Å²) in [5, 5.41) is 22.9. The lowest BCUT2D eigenvalue weighted by molar-refractivity contribution is -0.136. The molecule has 0 saturated carbocycles. The lowest BCUT2D eigenvalue weighted by atomic mass is 10.1. The Morgan fingerprint density at radius 3 is 2.65 bits per heavy atom. The standard InChI is InChI=1S/C15H14F3N3O2/c1-9-14(23)11(10(8-22)6-19-9)7-20-21-13-5-3-2-4-12(13)15(16,17)18/h2-7,21-23H,8H2,1H3/b20-7+. The monoisotopic (exact) mass is 325 g/mol. The summed E-state index contributed by atoms with van der Waals surface area (Å²) in [6, 6.07) is 4.90. The lowest BCUT2D eigenvalue weighted by Gasteiger charge is -2.12. The van der Waals surface area contributed by atoms with Crippen LogP contribution in [-0.2, 0) is 12.8 Å². The molecule has 0 aliphatic carbocycles. The molecule has 1 aromatic carbocycles. The van der Waals surface area contributed by atoms with Crippen molar-refractivity contribution < 1.29 is 23.4 Å². The molecule has 0 spiro atoms. The molecule has 0 atom stereocenters. The van der Waals surface area contributed by atoms with Gasteiger partial charge in [-0.25, -0.2) is 0 Å². The third kappa shape index (κ3) is 3.78. The number of aromatic hydroxyl groups is 1. The zero-order valence-electron chi connectivity index (χ0n) is 12.1. The molecule has 0 saturated heterocycles. The lowest BCUT2D eigenvalue weighted by Crippen LogP contribution is -2.08. The highest BCUT2D eigenvalue weighted by Crippen LogP contribution is 2.34. The molecule has 23 heavy (non-hydrogen) atoms. The van der Waals surface area contributed by atoms with E-state index in [0.717, 1.165) is 12.3 Å². The zero-order valence-corrected chi connectivity index (χ0v) is 12.1. The fourth-order valence-electron chi connectivity index (χ4n) is 1.92. The van der Waals surface area contributed by atoms with Crippen molar-refractivity contribution in [2.24, 2.45) is 5.10 Å². The molecule has 0 radical (unpaired) electrons. The average Bonchev–Trinajstić information content (AvgIpc) is 2.51. The Morgan fingerprint density at radius 1 is 1.30 bits per heavy atom. The van der Waals surface area contributed by atoms with Crippen LogP contribution in [0.3, 0.4) is 0 Å². The van der Waals surface area contributed by atoms with Gasteiger partial charge in [-0.2, -0.15) is 18.3 Å². The molecule has 0 unspecified atom stereocenters. The number of hydrogen-bond acceptors (Lipinski definition) is 5. The number of rotatable bonds is 4. The summed E-state index contributed by atoms with van der Waals surface area (Å²) in [7, 11) is 0. The highest BCUT2D eigenvalue weighted by Gasteiger charge is 2.33. The van der Waals surface area contributed by atoms with E-state index in [2.05, 4.69) is 15.5 Å². The second kappa shape index (κ2) is 6.66. The third-order valence-corrected chi connectivity index (χ3v) is 3.14. The number of pyridine rings is 1. The van der Waals surface area contributed by atoms with Crippen LogP contribution >= 0.6 is 0 Å². The van der Waals surface area contributed by atoms with Crippen molar-refractivity contribution in [3.05, 3.63) is 52.8 Å². The summed E-state index contributed by atoms with van der Waals surface area (Å²) in [4.78, 5) is 3.88. The number of benzene rings is 1. The maximum Gasteiger partial charge on any atom is 0.418 e. The van der Waals surface area contributed by atoms with Crippen molar-refractivity contribution in [3.63, 3.8) is 0 Å². The minimum Gasteiger partial charge on any atom is -0.505 e. The van der Waals surface area contributed by atoms with E-state index >= 15 is 0 Å². The number of nitrogens with one attached hydrogen (secondary N) is 1. The van der Waals surface area contributed by atoms with Gasteiger partial charge in [-0.1, -0.05) is 12.1 Å². The number of anilines is 1. The van der Waals surface area contributed by atoms with Crippen LogP contribution in [0.4, 0.5) is 18.9 Å². The maximum absolute atomic E-state index is 12.9. The van der Waals surface area contributed by atoms with Crippen molar-refractivity contribution in [1.29, 1.82) is 0 Å². The largest absolute Gasteiger partial charge is 0.505 e. The van der Waals surface area contributed by atoms with Gasteiger partial charge < -0.3 is 10.2 Å². The van der Waals surface area contributed by atoms with Gasteiger partial charge in [0.05, 0.1) is 29.8 Å². The molecule has 2 aromatic rings. The second-order valence-corrected chi connectivity index (χ2v) is 4.70. The first-order valence-corrected chi connectivity index (χ1v) is 6.58. The number of alkyl halides is 3. The average molecular weight is 325 g/mol. The van der Waals surface area contributed by atoms with Gasteiger partial charge in [-0.15, -0.1) is 0 Å². The molecule has 0 aliphatic rings. The van der Waals surface area contributed by atoms with Crippen molar-refractivity contribution >= 4 is 11.9 Å². The number of halogens is 3. The van der Waals surface area contributed by atoms with Gasteiger partial charge in [0.1, 0.15) is 5.75 Å². The topological polar surface area (TPSA) is 77.7 Å². The number of nitrogens with zero attached hydrogens (tertiary/aromatic N) is 2. The molecule has 0 bridgehead atoms. The summed E-state index contributed by atoms with van der Waals surface area (Å²) in [5.41, 5.74) is 2.05. The number of aliphatic hydroxyl groups excluding tert-OH is 1. The van der Waals surface area contributed by atoms with E-state index in [1.54, 1.807) is 6.92 Å². The predicted molar refractivity (Wildman–Crippen MR) is 79.2 cm³/mol. The fourth-order valence-corrected chi connectivity index (χ4v) is 1.92. The van der Waals surface area contributed by atoms with Crippen molar-refractivity contribution in [2.75, 3.05) is 5.43 Å². The summed E-state index contributed by atoms with van der Waals surface area (Å²) >= 11 is 0. The summed E-state index contributed by atoms with van der Waals surface area (Å²) in [5.74, 6) is -0.189. The Kier molecular flexibility index (Phi) is 4.85. The molecular formula is C15H14F3N3O2. The Labute approximate surface area is 130 Å². The Hall–Kier alpha value is -2.61. The molecular weight excluding hydrogens is 311 g/mol. The number of hydrogen-bond donors (Lipinski definition) is 3. The normalized spacial score (nSPS) is 11.9. The third-order valence-electron chi connectivity index (χ3n) is 3.14. The predicted octanol–water partition coefficient (Wildman–Crippen LogP) is 3.05. The van der Waals surface area contributed by atoms with Crippen LogP contribution < -0.4 is 5.43 Å². The van der Waals surface area contributed by atoms with Crippen molar-refractivity contribution in [3.8, 4) is 5.75 Å². The minimum absolute atomic E-state index is 0.189. The van der Waals surface area contributed by atoms with Crippen molar-refractivity contribution in [1.82, 2.24) is 4.98 Å². The van der Waals surface area contributed by atoms with E-state index < -0.39 is 11.7 Å². The highest BCUT2D eigenvalue weighted by atomic mass is 19.4. The quantitative estimate of drug-likeness (QED) is 0.596. The summed E-state index contributed by atoms with van der Waals surface area (Å²) in [6.07, 6.45) is -2.01. The molecule has 8 heteroatoms. The van der Waals surface area contributed by atoms with Gasteiger partial charge >= 0.3 is 6.18 Å². The van der Waals surface area contributed by atoms with Crippen LogP contribution in [0.1, 0.15) is 22.4 Å². The minimum atomic E-state index is -4.51. The Balaban J connectivity index is 2.29. The van der Waals surface area contributed by atoms with Gasteiger partial charge in [0.25, 0.3) is 0 Å². The van der Waals surface area contributed by atoms with Crippen LogP contribution in [0.5, 0.6) is 5.75 Å². The fraction of sp³-hybridized carbons (Fsp3) is 0.200. The smallest absolute Gasteiger partial charge is 0.418 e. The zero-order chi connectivity index (χ0) is 17.0. The van der Waals surface area contributed by atoms with E-state index in [0.29, 0.717) is 11.3 Å². The molecule has 1 aromatic heterocycles. The van der Waals surface area contributed by atoms with Gasteiger partial charge in [-0.3, -0.25) is 10.4 Å². The van der Waals surface area contributed by atoms with Crippen LogP contribution in [0.2, 0.25) is 0 Å². The molecule has 1 heterocycles. The first-order valence-electron chi connectivity index (χ1n) is 6.58. The van der Waals surface area contributed by atoms with Gasteiger partial charge in [0, 0.05) is 17.3 Å². The summed E-state index contributed by atoms with van der Waals surface area (Å²) in [6.45, 7) is 1.17. The number of para-hydroxylation sites is 1. The molecule has 0 amide bonds. The second-order valence-electron chi connectivity index (χ2n) is 4.70. The molecule has 0 aliphatic heterocycles. The SMILES string of the molecule is Cc1ncc(CO)c(/C=N/Nc2ccccc2C(F)(F)F)c1O. The van der Waals surface area contributed by atoms with E-state index in [9.17, 15) is 23.4 Å². The summed E-state index contributed by atoms with van der Waals surface area (Å²) < 4.78 is 38.6. The van der Waals surface area contributed by atoms with E-state index in [1.807, 2.05) is 0 Å². The first kappa shape index (κ1) is 16.8. The molecule has 5 nitrogen and oxygen atoms in total. The molecule has 2 rings (SSSR count). The van der Waals surface area contributed by atoms with Crippen LogP contribution in [-0.4, -0.2) is 21.4 Å². The van der Waals surface area contributed by atoms with E-state index in [-0.39, 0.29) is 23.6 Å². The molecule has 122 valence electrons. The van der Waals surface area contributed by atoms with Crippen molar-refractivity contribution in [2.45, 2.75) is 19.7 Å². The highest BCUT2D eigenvalue weighted by molar-refractivity contribution is 5.86. The van der Waals surface area contributed by atoms with Crippen LogP contribution in [0.25, 0.3) is 0 Å². The molecule has 0 fully saturated rings. The number of aliphatic hydroxyl groups is 1.